The Morgan fingerprint density at radius 1 is 1.05 bits per heavy atom. The largest absolute Gasteiger partial charge is 0.0839 e. The van der Waals surface area contributed by atoms with E-state index in [1.54, 1.807) is 0 Å². The molecule has 0 aromatic heterocycles. The molecule has 0 aliphatic heterocycles. The molecule has 0 aliphatic rings. The van der Waals surface area contributed by atoms with Crippen molar-refractivity contribution in [2.75, 3.05) is 0 Å². The number of allylic oxidation sites excluding steroid dienone is 3. The first-order valence-electron chi connectivity index (χ1n) is 8.04. The van der Waals surface area contributed by atoms with Crippen molar-refractivity contribution in [3.63, 3.8) is 0 Å². The smallest absolute Gasteiger partial charge is 0.0222 e. The average Bonchev–Trinajstić information content (AvgIpc) is 2.46. The summed E-state index contributed by atoms with van der Waals surface area (Å²) in [6.07, 6.45) is 10.9. The summed E-state index contributed by atoms with van der Waals surface area (Å²) in [5.41, 5.74) is 6.99. The normalized spacial score (nSPS) is 11.1. The molecule has 1 aromatic rings. The summed E-state index contributed by atoms with van der Waals surface area (Å²) in [5.74, 6) is 0. The molecule has 0 nitrogen and oxygen atoms in total. The molecule has 110 valence electrons. The van der Waals surface area contributed by atoms with E-state index in [2.05, 4.69) is 65.0 Å². The molecule has 0 bridgehead atoms. The molecule has 0 aliphatic carbocycles. The van der Waals surface area contributed by atoms with Gasteiger partial charge in [-0.25, -0.2) is 0 Å². The Hall–Kier alpha value is -1.30. The van der Waals surface area contributed by atoms with Crippen molar-refractivity contribution < 1.29 is 0 Å². The third-order valence-electron chi connectivity index (χ3n) is 3.98. The molecule has 0 atom stereocenters. The second-order valence-corrected chi connectivity index (χ2v) is 5.79. The molecular formula is C20H30. The lowest BCUT2D eigenvalue weighted by Crippen LogP contribution is -1.90. The number of benzene rings is 1. The first kappa shape index (κ1) is 16.8. The first-order valence-corrected chi connectivity index (χ1v) is 8.04. The van der Waals surface area contributed by atoms with Crippen LogP contribution in [-0.4, -0.2) is 0 Å². The van der Waals surface area contributed by atoms with Crippen molar-refractivity contribution in [3.8, 4) is 0 Å². The second kappa shape index (κ2) is 8.79. The molecule has 20 heavy (non-hydrogen) atoms. The Labute approximate surface area is 125 Å². The topological polar surface area (TPSA) is 0 Å². The van der Waals surface area contributed by atoms with Gasteiger partial charge in [-0.15, -0.1) is 0 Å². The van der Waals surface area contributed by atoms with Gasteiger partial charge in [0.05, 0.1) is 0 Å². The fourth-order valence-electron chi connectivity index (χ4n) is 2.32. The van der Waals surface area contributed by atoms with Gasteiger partial charge in [0.25, 0.3) is 0 Å². The molecule has 0 spiro atoms. The van der Waals surface area contributed by atoms with Crippen LogP contribution < -0.4 is 0 Å². The zero-order chi connectivity index (χ0) is 15.0. The fraction of sp³-hybridized carbons (Fsp3) is 0.500. The monoisotopic (exact) mass is 270 g/mol. The van der Waals surface area contributed by atoms with Gasteiger partial charge in [-0.3, -0.25) is 0 Å². The van der Waals surface area contributed by atoms with E-state index in [0.717, 1.165) is 6.42 Å². The average molecular weight is 270 g/mol. The van der Waals surface area contributed by atoms with Crippen molar-refractivity contribution >= 4 is 11.6 Å². The summed E-state index contributed by atoms with van der Waals surface area (Å²) < 4.78 is 0. The summed E-state index contributed by atoms with van der Waals surface area (Å²) in [6, 6.07) is 6.89. The molecule has 1 aromatic carbocycles. The fourth-order valence-corrected chi connectivity index (χ4v) is 2.32. The van der Waals surface area contributed by atoms with Crippen LogP contribution in [0.1, 0.15) is 77.0 Å². The summed E-state index contributed by atoms with van der Waals surface area (Å²) in [6.45, 7) is 11.1. The summed E-state index contributed by atoms with van der Waals surface area (Å²) in [4.78, 5) is 0. The van der Waals surface area contributed by atoms with Gasteiger partial charge in [0, 0.05) is 0 Å². The third kappa shape index (κ3) is 5.00. The maximum absolute atomic E-state index is 2.34. The van der Waals surface area contributed by atoms with Crippen LogP contribution in [0.3, 0.4) is 0 Å². The maximum atomic E-state index is 2.34. The van der Waals surface area contributed by atoms with Crippen molar-refractivity contribution in [1.82, 2.24) is 0 Å². The lowest BCUT2D eigenvalue weighted by Gasteiger charge is -2.09. The van der Waals surface area contributed by atoms with Gasteiger partial charge in [-0.1, -0.05) is 56.5 Å². The van der Waals surface area contributed by atoms with E-state index in [-0.39, 0.29) is 0 Å². The highest BCUT2D eigenvalue weighted by Gasteiger charge is 2.02. The molecule has 0 fully saturated rings. The maximum Gasteiger partial charge on any atom is -0.0222 e. The Bertz CT molecular complexity index is 471. The van der Waals surface area contributed by atoms with Crippen LogP contribution in [0.4, 0.5) is 0 Å². The molecule has 0 unspecified atom stereocenters. The minimum Gasteiger partial charge on any atom is -0.0839 e. The van der Waals surface area contributed by atoms with Crippen LogP contribution in [0.15, 0.2) is 29.8 Å². The minimum absolute atomic E-state index is 1.10. The quantitative estimate of drug-likeness (QED) is 0.486. The van der Waals surface area contributed by atoms with Gasteiger partial charge in [0.1, 0.15) is 0 Å². The molecule has 0 heterocycles. The zero-order valence-corrected chi connectivity index (χ0v) is 13.9. The van der Waals surface area contributed by atoms with Crippen LogP contribution in [0, 0.1) is 0 Å². The highest BCUT2D eigenvalue weighted by atomic mass is 14.1. The Morgan fingerprint density at radius 2 is 1.80 bits per heavy atom. The zero-order valence-electron chi connectivity index (χ0n) is 13.9. The number of aryl methyl sites for hydroxylation is 1. The number of hydrogen-bond donors (Lipinski definition) is 0. The molecular weight excluding hydrogens is 240 g/mol. The van der Waals surface area contributed by atoms with E-state index in [0.29, 0.717) is 0 Å². The van der Waals surface area contributed by atoms with Gasteiger partial charge in [-0.2, -0.15) is 0 Å². The predicted octanol–water partition coefficient (Wildman–Crippen LogP) is 6.66. The number of hydrogen-bond acceptors (Lipinski definition) is 0. The third-order valence-corrected chi connectivity index (χ3v) is 3.98. The van der Waals surface area contributed by atoms with Crippen molar-refractivity contribution in [2.45, 2.75) is 66.7 Å². The van der Waals surface area contributed by atoms with Gasteiger partial charge in [0.15, 0.2) is 0 Å². The number of rotatable bonds is 7. The van der Waals surface area contributed by atoms with Crippen LogP contribution in [0.2, 0.25) is 0 Å². The predicted molar refractivity (Wildman–Crippen MR) is 92.9 cm³/mol. The lowest BCUT2D eigenvalue weighted by atomic mass is 9.96. The van der Waals surface area contributed by atoms with Crippen LogP contribution in [0.25, 0.3) is 11.6 Å². The molecule has 0 radical (unpaired) electrons. The van der Waals surface area contributed by atoms with E-state index >= 15 is 0 Å². The minimum atomic E-state index is 1.10. The van der Waals surface area contributed by atoms with Crippen molar-refractivity contribution in [3.05, 3.63) is 46.5 Å². The lowest BCUT2D eigenvalue weighted by molar-refractivity contribution is 0.730. The molecule has 0 saturated carbocycles. The highest BCUT2D eigenvalue weighted by molar-refractivity contribution is 5.70. The molecule has 1 rings (SSSR count). The van der Waals surface area contributed by atoms with E-state index in [9.17, 15) is 0 Å². The molecule has 0 amide bonds. The molecule has 0 N–H and O–H groups in total. The van der Waals surface area contributed by atoms with Crippen molar-refractivity contribution in [2.24, 2.45) is 0 Å². The molecule has 0 saturated heterocycles. The van der Waals surface area contributed by atoms with Gasteiger partial charge >= 0.3 is 0 Å². The van der Waals surface area contributed by atoms with E-state index < -0.39 is 0 Å². The van der Waals surface area contributed by atoms with Gasteiger partial charge in [0.2, 0.25) is 0 Å². The number of unbranched alkanes of at least 4 members (excludes halogenated alkanes) is 3. The summed E-state index contributed by atoms with van der Waals surface area (Å²) in [7, 11) is 0. The Morgan fingerprint density at radius 3 is 2.40 bits per heavy atom. The van der Waals surface area contributed by atoms with Crippen LogP contribution in [0.5, 0.6) is 0 Å². The standard InChI is InChI=1S/C20H30/c1-6-8-9-10-11-12-20-15-19(17(5)16(3)4)14-13-18(20)7-2/h11-15H,6-10H2,1-5H3/b12-11-. The van der Waals surface area contributed by atoms with Crippen LogP contribution >= 0.6 is 0 Å². The van der Waals surface area contributed by atoms with E-state index in [1.165, 1.54) is 53.5 Å². The summed E-state index contributed by atoms with van der Waals surface area (Å²) in [5, 5.41) is 0. The first-order chi connectivity index (χ1) is 9.60. The van der Waals surface area contributed by atoms with E-state index in [1.807, 2.05) is 0 Å². The van der Waals surface area contributed by atoms with Crippen LogP contribution in [-0.2, 0) is 6.42 Å². The highest BCUT2D eigenvalue weighted by Crippen LogP contribution is 2.23. The van der Waals surface area contributed by atoms with Crippen molar-refractivity contribution in [1.29, 1.82) is 0 Å². The van der Waals surface area contributed by atoms with Gasteiger partial charge in [-0.05, 0) is 68.4 Å². The van der Waals surface area contributed by atoms with E-state index in [4.69, 9.17) is 0 Å². The summed E-state index contributed by atoms with van der Waals surface area (Å²) >= 11 is 0. The SMILES string of the molecule is CCCCC/C=C\c1cc(C(C)=C(C)C)ccc1CC. The Kier molecular flexibility index (Phi) is 7.36. The second-order valence-electron chi connectivity index (χ2n) is 5.79. The van der Waals surface area contributed by atoms with Gasteiger partial charge < -0.3 is 0 Å². The molecule has 0 heteroatoms. The Balaban J connectivity index is 2.92.